The van der Waals surface area contributed by atoms with Crippen LogP contribution in [-0.4, -0.2) is 11.5 Å². The summed E-state index contributed by atoms with van der Waals surface area (Å²) in [5.74, 6) is 1.49. The van der Waals surface area contributed by atoms with Crippen molar-refractivity contribution in [3.63, 3.8) is 0 Å². The largest absolute Gasteiger partial charge is 0.439 e. The van der Waals surface area contributed by atoms with E-state index in [9.17, 15) is 0 Å². The zero-order valence-corrected chi connectivity index (χ0v) is 10.8. The first-order valence-electron chi connectivity index (χ1n) is 6.18. The van der Waals surface area contributed by atoms with Gasteiger partial charge in [0.2, 0.25) is 5.88 Å². The molecule has 0 aliphatic rings. The molecule has 94 valence electrons. The van der Waals surface area contributed by atoms with Crippen molar-refractivity contribution >= 4 is 0 Å². The van der Waals surface area contributed by atoms with E-state index in [1.807, 2.05) is 36.4 Å². The van der Waals surface area contributed by atoms with Crippen LogP contribution in [-0.2, 0) is 6.54 Å². The van der Waals surface area contributed by atoms with Gasteiger partial charge in [-0.2, -0.15) is 0 Å². The van der Waals surface area contributed by atoms with E-state index >= 15 is 0 Å². The number of rotatable bonds is 5. The van der Waals surface area contributed by atoms with Gasteiger partial charge in [-0.1, -0.05) is 30.7 Å². The molecule has 0 spiro atoms. The first-order chi connectivity index (χ1) is 8.79. The lowest BCUT2D eigenvalue weighted by Gasteiger charge is -2.10. The molecule has 1 N–H and O–H groups in total. The van der Waals surface area contributed by atoms with Crippen molar-refractivity contribution < 1.29 is 4.74 Å². The standard InChI is InChI=1S/C15H18N2O/c1-3-16-11-13-5-4-10-17-15(13)18-14-8-6-12(2)7-9-14/h4-10,16H,3,11H2,1-2H3. The van der Waals surface area contributed by atoms with Crippen LogP contribution in [0.5, 0.6) is 11.6 Å². The van der Waals surface area contributed by atoms with Crippen molar-refractivity contribution in [1.82, 2.24) is 10.3 Å². The molecular weight excluding hydrogens is 224 g/mol. The molecule has 0 bridgehead atoms. The van der Waals surface area contributed by atoms with Gasteiger partial charge >= 0.3 is 0 Å². The molecule has 1 heterocycles. The summed E-state index contributed by atoms with van der Waals surface area (Å²) in [5, 5.41) is 3.28. The summed E-state index contributed by atoms with van der Waals surface area (Å²) >= 11 is 0. The maximum Gasteiger partial charge on any atom is 0.223 e. The van der Waals surface area contributed by atoms with Gasteiger partial charge < -0.3 is 10.1 Å². The molecule has 2 rings (SSSR count). The number of ether oxygens (including phenoxy) is 1. The first-order valence-corrected chi connectivity index (χ1v) is 6.18. The molecule has 0 fully saturated rings. The number of hydrogen-bond acceptors (Lipinski definition) is 3. The van der Waals surface area contributed by atoms with E-state index in [-0.39, 0.29) is 0 Å². The van der Waals surface area contributed by atoms with Gasteiger partial charge in [-0.15, -0.1) is 0 Å². The zero-order valence-electron chi connectivity index (χ0n) is 10.8. The highest BCUT2D eigenvalue weighted by Gasteiger charge is 2.05. The van der Waals surface area contributed by atoms with Crippen LogP contribution in [0.15, 0.2) is 42.6 Å². The van der Waals surface area contributed by atoms with Crippen LogP contribution >= 0.6 is 0 Å². The molecule has 0 aliphatic carbocycles. The summed E-state index contributed by atoms with van der Waals surface area (Å²) in [5.41, 5.74) is 2.29. The Bertz CT molecular complexity index is 494. The summed E-state index contributed by atoms with van der Waals surface area (Å²) in [6.07, 6.45) is 1.75. The average molecular weight is 242 g/mol. The maximum absolute atomic E-state index is 5.81. The number of nitrogens with one attached hydrogen (secondary N) is 1. The summed E-state index contributed by atoms with van der Waals surface area (Å²) in [6, 6.07) is 11.9. The molecular formula is C15H18N2O. The van der Waals surface area contributed by atoms with E-state index in [0.29, 0.717) is 5.88 Å². The minimum atomic E-state index is 0.669. The molecule has 1 aromatic heterocycles. The Labute approximate surface area is 108 Å². The molecule has 18 heavy (non-hydrogen) atoms. The fraction of sp³-hybridized carbons (Fsp3) is 0.267. The minimum Gasteiger partial charge on any atom is -0.439 e. The molecule has 0 aliphatic heterocycles. The molecule has 3 nitrogen and oxygen atoms in total. The molecule has 3 heteroatoms. The monoisotopic (exact) mass is 242 g/mol. The summed E-state index contributed by atoms with van der Waals surface area (Å²) in [6.45, 7) is 5.84. The third kappa shape index (κ3) is 3.31. The van der Waals surface area contributed by atoms with Crippen molar-refractivity contribution in [2.45, 2.75) is 20.4 Å². The zero-order chi connectivity index (χ0) is 12.8. The molecule has 0 amide bonds. The second-order valence-corrected chi connectivity index (χ2v) is 4.16. The predicted molar refractivity (Wildman–Crippen MR) is 72.9 cm³/mol. The SMILES string of the molecule is CCNCc1cccnc1Oc1ccc(C)cc1. The second kappa shape index (κ2) is 6.17. The lowest BCUT2D eigenvalue weighted by Crippen LogP contribution is -2.12. The second-order valence-electron chi connectivity index (χ2n) is 4.16. The third-order valence-electron chi connectivity index (χ3n) is 2.65. The van der Waals surface area contributed by atoms with E-state index in [0.717, 1.165) is 24.4 Å². The Kier molecular flexibility index (Phi) is 4.31. The van der Waals surface area contributed by atoms with Gasteiger partial charge in [-0.3, -0.25) is 0 Å². The fourth-order valence-electron chi connectivity index (χ4n) is 1.63. The Hall–Kier alpha value is -1.87. The van der Waals surface area contributed by atoms with Gasteiger partial charge in [-0.05, 0) is 31.7 Å². The predicted octanol–water partition coefficient (Wildman–Crippen LogP) is 3.29. The lowest BCUT2D eigenvalue weighted by atomic mass is 10.2. The maximum atomic E-state index is 5.81. The quantitative estimate of drug-likeness (QED) is 0.873. The van der Waals surface area contributed by atoms with Crippen LogP contribution < -0.4 is 10.1 Å². The molecule has 0 unspecified atom stereocenters. The Morgan fingerprint density at radius 3 is 2.67 bits per heavy atom. The Balaban J connectivity index is 2.15. The summed E-state index contributed by atoms with van der Waals surface area (Å²) < 4.78 is 5.81. The molecule has 2 aromatic rings. The van der Waals surface area contributed by atoms with E-state index in [2.05, 4.69) is 24.1 Å². The van der Waals surface area contributed by atoms with Crippen LogP contribution in [0, 0.1) is 6.92 Å². The van der Waals surface area contributed by atoms with Crippen LogP contribution in [0.1, 0.15) is 18.1 Å². The highest BCUT2D eigenvalue weighted by Crippen LogP contribution is 2.22. The molecule has 0 atom stereocenters. The van der Waals surface area contributed by atoms with Crippen LogP contribution in [0.2, 0.25) is 0 Å². The van der Waals surface area contributed by atoms with Crippen molar-refractivity contribution in [3.05, 3.63) is 53.7 Å². The summed E-state index contributed by atoms with van der Waals surface area (Å²) in [4.78, 5) is 4.29. The van der Waals surface area contributed by atoms with Crippen LogP contribution in [0.3, 0.4) is 0 Å². The van der Waals surface area contributed by atoms with Gasteiger partial charge in [0.05, 0.1) is 0 Å². The highest BCUT2D eigenvalue weighted by molar-refractivity contribution is 5.33. The van der Waals surface area contributed by atoms with Gasteiger partial charge in [0.25, 0.3) is 0 Å². The van der Waals surface area contributed by atoms with Crippen LogP contribution in [0.25, 0.3) is 0 Å². The number of aryl methyl sites for hydroxylation is 1. The Morgan fingerprint density at radius 1 is 1.17 bits per heavy atom. The van der Waals surface area contributed by atoms with E-state index in [1.165, 1.54) is 5.56 Å². The van der Waals surface area contributed by atoms with Crippen molar-refractivity contribution in [2.24, 2.45) is 0 Å². The molecule has 1 aromatic carbocycles. The molecule has 0 radical (unpaired) electrons. The van der Waals surface area contributed by atoms with Gasteiger partial charge in [-0.25, -0.2) is 4.98 Å². The van der Waals surface area contributed by atoms with Gasteiger partial charge in [0, 0.05) is 18.3 Å². The number of pyridine rings is 1. The third-order valence-corrected chi connectivity index (χ3v) is 2.65. The average Bonchev–Trinajstić information content (AvgIpc) is 2.40. The normalized spacial score (nSPS) is 10.3. The first kappa shape index (κ1) is 12.6. The Morgan fingerprint density at radius 2 is 1.94 bits per heavy atom. The number of nitrogens with zero attached hydrogens (tertiary/aromatic N) is 1. The fourth-order valence-corrected chi connectivity index (χ4v) is 1.63. The number of aromatic nitrogens is 1. The topological polar surface area (TPSA) is 34.2 Å². The number of benzene rings is 1. The highest BCUT2D eigenvalue weighted by atomic mass is 16.5. The lowest BCUT2D eigenvalue weighted by molar-refractivity contribution is 0.453. The van der Waals surface area contributed by atoms with Crippen molar-refractivity contribution in [3.8, 4) is 11.6 Å². The van der Waals surface area contributed by atoms with E-state index in [1.54, 1.807) is 6.20 Å². The summed E-state index contributed by atoms with van der Waals surface area (Å²) in [7, 11) is 0. The van der Waals surface area contributed by atoms with Crippen molar-refractivity contribution in [1.29, 1.82) is 0 Å². The van der Waals surface area contributed by atoms with E-state index in [4.69, 9.17) is 4.74 Å². The minimum absolute atomic E-state index is 0.669. The molecule has 0 saturated heterocycles. The van der Waals surface area contributed by atoms with E-state index < -0.39 is 0 Å². The smallest absolute Gasteiger partial charge is 0.223 e. The van der Waals surface area contributed by atoms with Gasteiger partial charge in [0.15, 0.2) is 0 Å². The molecule has 0 saturated carbocycles. The van der Waals surface area contributed by atoms with Crippen molar-refractivity contribution in [2.75, 3.05) is 6.54 Å². The van der Waals surface area contributed by atoms with Gasteiger partial charge in [0.1, 0.15) is 5.75 Å². The number of hydrogen-bond donors (Lipinski definition) is 1. The van der Waals surface area contributed by atoms with Crippen LogP contribution in [0.4, 0.5) is 0 Å².